The molecule has 0 bridgehead atoms. The molecule has 0 unspecified atom stereocenters. The molecule has 0 spiro atoms. The smallest absolute Gasteiger partial charge is 0.191 e. The molecule has 1 aromatic carbocycles. The Hall–Kier alpha value is -2.34. The van der Waals surface area contributed by atoms with Crippen molar-refractivity contribution in [2.45, 2.75) is 45.3 Å². The molecule has 3 rings (SSSR count). The minimum absolute atomic E-state index is 0.466. The van der Waals surface area contributed by atoms with E-state index < -0.39 is 0 Å². The third-order valence-corrected chi connectivity index (χ3v) is 4.88. The first-order chi connectivity index (χ1) is 12.7. The number of rotatable bonds is 5. The predicted octanol–water partition coefficient (Wildman–Crippen LogP) is 2.88. The SMILES string of the molecule is CN=C(NCc1cc(-c2ccccc2)on1)NC1CCN(C(C)C)CC1. The monoisotopic (exact) mass is 355 g/mol. The number of piperidine rings is 1. The molecule has 2 aromatic rings. The predicted molar refractivity (Wildman–Crippen MR) is 105 cm³/mol. The van der Waals surface area contributed by atoms with Crippen molar-refractivity contribution in [1.29, 1.82) is 0 Å². The van der Waals surface area contributed by atoms with Gasteiger partial charge in [-0.25, -0.2) is 0 Å². The molecule has 140 valence electrons. The number of aliphatic imine (C=N–C) groups is 1. The molecule has 1 fully saturated rings. The van der Waals surface area contributed by atoms with Gasteiger partial charge in [-0.15, -0.1) is 0 Å². The summed E-state index contributed by atoms with van der Waals surface area (Å²) in [5, 5.41) is 11.0. The van der Waals surface area contributed by atoms with Crippen LogP contribution in [0.5, 0.6) is 0 Å². The summed E-state index contributed by atoms with van der Waals surface area (Å²) in [6, 6.07) is 13.1. The van der Waals surface area contributed by atoms with Crippen molar-refractivity contribution in [1.82, 2.24) is 20.7 Å². The second kappa shape index (κ2) is 8.85. The van der Waals surface area contributed by atoms with E-state index >= 15 is 0 Å². The fourth-order valence-corrected chi connectivity index (χ4v) is 3.26. The lowest BCUT2D eigenvalue weighted by molar-refractivity contribution is 0.167. The molecule has 0 saturated carbocycles. The normalized spacial score (nSPS) is 16.8. The molecule has 2 heterocycles. The lowest BCUT2D eigenvalue weighted by atomic mass is 10.0. The van der Waals surface area contributed by atoms with Crippen molar-refractivity contribution in [3.05, 3.63) is 42.1 Å². The van der Waals surface area contributed by atoms with Gasteiger partial charge in [0.15, 0.2) is 11.7 Å². The second-order valence-electron chi connectivity index (χ2n) is 7.02. The summed E-state index contributed by atoms with van der Waals surface area (Å²) in [7, 11) is 1.80. The highest BCUT2D eigenvalue weighted by Gasteiger charge is 2.21. The summed E-state index contributed by atoms with van der Waals surface area (Å²) in [6.45, 7) is 7.37. The Morgan fingerprint density at radius 1 is 1.27 bits per heavy atom. The van der Waals surface area contributed by atoms with Crippen molar-refractivity contribution in [2.75, 3.05) is 20.1 Å². The number of benzene rings is 1. The minimum atomic E-state index is 0.466. The molecular weight excluding hydrogens is 326 g/mol. The zero-order valence-corrected chi connectivity index (χ0v) is 15.9. The summed E-state index contributed by atoms with van der Waals surface area (Å²) in [5.74, 6) is 1.60. The van der Waals surface area contributed by atoms with Crippen LogP contribution in [0.25, 0.3) is 11.3 Å². The number of hydrogen-bond acceptors (Lipinski definition) is 4. The molecule has 1 aliphatic rings. The Morgan fingerprint density at radius 2 is 2.00 bits per heavy atom. The average molecular weight is 355 g/mol. The van der Waals surface area contributed by atoms with E-state index in [4.69, 9.17) is 4.52 Å². The number of nitrogens with zero attached hydrogens (tertiary/aromatic N) is 3. The fourth-order valence-electron chi connectivity index (χ4n) is 3.26. The largest absolute Gasteiger partial charge is 0.356 e. The van der Waals surface area contributed by atoms with Crippen LogP contribution in [0.15, 0.2) is 45.9 Å². The zero-order valence-electron chi connectivity index (χ0n) is 15.9. The number of aromatic nitrogens is 1. The van der Waals surface area contributed by atoms with Crippen LogP contribution in [0.1, 0.15) is 32.4 Å². The Morgan fingerprint density at radius 3 is 2.65 bits per heavy atom. The lowest BCUT2D eigenvalue weighted by Gasteiger charge is -2.35. The van der Waals surface area contributed by atoms with Crippen molar-refractivity contribution < 1.29 is 4.52 Å². The number of hydrogen-bond donors (Lipinski definition) is 2. The average Bonchev–Trinajstić information content (AvgIpc) is 3.15. The summed E-state index contributed by atoms with van der Waals surface area (Å²) >= 11 is 0. The Kier molecular flexibility index (Phi) is 6.28. The van der Waals surface area contributed by atoms with Gasteiger partial charge in [-0.05, 0) is 26.7 Å². The van der Waals surface area contributed by atoms with Gasteiger partial charge in [-0.2, -0.15) is 0 Å². The summed E-state index contributed by atoms with van der Waals surface area (Å²) in [5.41, 5.74) is 1.90. The Balaban J connectivity index is 1.48. The molecule has 1 saturated heterocycles. The molecule has 6 heteroatoms. The summed E-state index contributed by atoms with van der Waals surface area (Å²) in [6.07, 6.45) is 2.28. The third kappa shape index (κ3) is 4.85. The van der Waals surface area contributed by atoms with Gasteiger partial charge in [0.2, 0.25) is 0 Å². The Labute approximate surface area is 155 Å². The van der Waals surface area contributed by atoms with Crippen LogP contribution >= 0.6 is 0 Å². The number of guanidine groups is 1. The molecule has 26 heavy (non-hydrogen) atoms. The first-order valence-corrected chi connectivity index (χ1v) is 9.38. The van der Waals surface area contributed by atoms with Gasteiger partial charge in [0.1, 0.15) is 5.69 Å². The minimum Gasteiger partial charge on any atom is -0.356 e. The van der Waals surface area contributed by atoms with Crippen LogP contribution in [0.4, 0.5) is 0 Å². The van der Waals surface area contributed by atoms with E-state index in [2.05, 4.69) is 39.5 Å². The first kappa shape index (κ1) is 18.5. The third-order valence-electron chi connectivity index (χ3n) is 4.88. The van der Waals surface area contributed by atoms with Crippen molar-refractivity contribution in [2.24, 2.45) is 4.99 Å². The van der Waals surface area contributed by atoms with E-state index in [1.165, 1.54) is 0 Å². The van der Waals surface area contributed by atoms with E-state index in [-0.39, 0.29) is 0 Å². The van der Waals surface area contributed by atoms with E-state index in [1.54, 1.807) is 7.05 Å². The highest BCUT2D eigenvalue weighted by molar-refractivity contribution is 5.79. The van der Waals surface area contributed by atoms with Crippen LogP contribution in [0.2, 0.25) is 0 Å². The molecule has 0 amide bonds. The Bertz CT molecular complexity index is 702. The van der Waals surface area contributed by atoms with E-state index in [0.717, 1.165) is 48.9 Å². The van der Waals surface area contributed by atoms with Gasteiger partial charge in [-0.3, -0.25) is 4.99 Å². The molecule has 0 atom stereocenters. The van der Waals surface area contributed by atoms with Gasteiger partial charge in [0, 0.05) is 43.9 Å². The van der Waals surface area contributed by atoms with Crippen LogP contribution in [-0.4, -0.2) is 48.2 Å². The van der Waals surface area contributed by atoms with Crippen LogP contribution in [0.3, 0.4) is 0 Å². The molecule has 0 radical (unpaired) electrons. The van der Waals surface area contributed by atoms with Gasteiger partial charge in [0.25, 0.3) is 0 Å². The maximum Gasteiger partial charge on any atom is 0.191 e. The summed E-state index contributed by atoms with van der Waals surface area (Å²) < 4.78 is 5.44. The maximum absolute atomic E-state index is 5.44. The standard InChI is InChI=1S/C20H29N5O/c1-15(2)25-11-9-17(10-12-25)23-20(21-3)22-14-18-13-19(26-24-18)16-7-5-4-6-8-16/h4-8,13,15,17H,9-12,14H2,1-3H3,(H2,21,22,23). The van der Waals surface area contributed by atoms with Crippen molar-refractivity contribution in [3.63, 3.8) is 0 Å². The fraction of sp³-hybridized carbons (Fsp3) is 0.500. The van der Waals surface area contributed by atoms with Gasteiger partial charge >= 0.3 is 0 Å². The molecular formula is C20H29N5O. The second-order valence-corrected chi connectivity index (χ2v) is 7.02. The van der Waals surface area contributed by atoms with Gasteiger partial charge in [-0.1, -0.05) is 35.5 Å². The van der Waals surface area contributed by atoms with Crippen molar-refractivity contribution in [3.8, 4) is 11.3 Å². The molecule has 0 aliphatic carbocycles. The highest BCUT2D eigenvalue weighted by Crippen LogP contribution is 2.19. The van der Waals surface area contributed by atoms with Gasteiger partial charge < -0.3 is 20.1 Å². The maximum atomic E-state index is 5.44. The van der Waals surface area contributed by atoms with E-state index in [0.29, 0.717) is 18.6 Å². The topological polar surface area (TPSA) is 65.7 Å². The van der Waals surface area contributed by atoms with Crippen LogP contribution in [-0.2, 0) is 6.54 Å². The molecule has 6 nitrogen and oxygen atoms in total. The first-order valence-electron chi connectivity index (χ1n) is 9.38. The molecule has 1 aliphatic heterocycles. The molecule has 1 aromatic heterocycles. The van der Waals surface area contributed by atoms with E-state index in [9.17, 15) is 0 Å². The van der Waals surface area contributed by atoms with Crippen LogP contribution in [0, 0.1) is 0 Å². The highest BCUT2D eigenvalue weighted by atomic mass is 16.5. The molecule has 2 N–H and O–H groups in total. The van der Waals surface area contributed by atoms with E-state index in [1.807, 2.05) is 36.4 Å². The zero-order chi connectivity index (χ0) is 18.4. The quantitative estimate of drug-likeness (QED) is 0.638. The summed E-state index contributed by atoms with van der Waals surface area (Å²) in [4.78, 5) is 6.86. The van der Waals surface area contributed by atoms with Crippen molar-refractivity contribution >= 4 is 5.96 Å². The van der Waals surface area contributed by atoms with Gasteiger partial charge in [0.05, 0.1) is 6.54 Å². The number of likely N-dealkylation sites (tertiary alicyclic amines) is 1. The number of nitrogens with one attached hydrogen (secondary N) is 2. The lowest BCUT2D eigenvalue weighted by Crippen LogP contribution is -2.49. The van der Waals surface area contributed by atoms with Crippen LogP contribution < -0.4 is 10.6 Å².